The maximum absolute atomic E-state index is 12.8. The summed E-state index contributed by atoms with van der Waals surface area (Å²) in [7, 11) is 0. The van der Waals surface area contributed by atoms with E-state index in [1.807, 2.05) is 6.92 Å². The fraction of sp³-hybridized carbons (Fsp3) is 0.500. The highest BCUT2D eigenvalue weighted by Gasteiger charge is 2.50. The number of carbonyl (C=O) groups is 2. The molecular formula is C16H19ClN2O2. The van der Waals surface area contributed by atoms with E-state index < -0.39 is 5.54 Å². The molecule has 1 N–H and O–H groups in total. The molecule has 1 atom stereocenters. The lowest BCUT2D eigenvalue weighted by molar-refractivity contribution is -0.133. The van der Waals surface area contributed by atoms with Gasteiger partial charge in [-0.15, -0.1) is 0 Å². The summed E-state index contributed by atoms with van der Waals surface area (Å²) < 4.78 is 0. The van der Waals surface area contributed by atoms with Crippen molar-refractivity contribution in [1.29, 1.82) is 0 Å². The molecular weight excluding hydrogens is 288 g/mol. The van der Waals surface area contributed by atoms with E-state index in [2.05, 4.69) is 5.32 Å². The SMILES string of the molecule is Cc1cc(C(=O)N2CCCC23CCCNC3=O)ccc1Cl. The average molecular weight is 307 g/mol. The first-order valence-electron chi connectivity index (χ1n) is 7.41. The van der Waals surface area contributed by atoms with Crippen LogP contribution in [0.5, 0.6) is 0 Å². The fourth-order valence-corrected chi connectivity index (χ4v) is 3.58. The number of halogens is 1. The van der Waals surface area contributed by atoms with E-state index in [0.717, 1.165) is 31.2 Å². The zero-order chi connectivity index (χ0) is 15.0. The van der Waals surface area contributed by atoms with Crippen LogP contribution < -0.4 is 5.32 Å². The summed E-state index contributed by atoms with van der Waals surface area (Å²) in [5.41, 5.74) is 0.850. The number of amides is 2. The second-order valence-electron chi connectivity index (χ2n) is 5.92. The Morgan fingerprint density at radius 2 is 2.10 bits per heavy atom. The molecule has 1 aromatic carbocycles. The van der Waals surface area contributed by atoms with Gasteiger partial charge < -0.3 is 10.2 Å². The molecule has 0 aromatic heterocycles. The molecule has 2 aliphatic rings. The molecule has 2 fully saturated rings. The van der Waals surface area contributed by atoms with Gasteiger partial charge in [-0.3, -0.25) is 9.59 Å². The van der Waals surface area contributed by atoms with Gasteiger partial charge in [0, 0.05) is 23.7 Å². The third kappa shape index (κ3) is 2.31. The first-order valence-corrected chi connectivity index (χ1v) is 7.79. The second kappa shape index (κ2) is 5.34. The highest BCUT2D eigenvalue weighted by atomic mass is 35.5. The summed E-state index contributed by atoms with van der Waals surface area (Å²) in [5.74, 6) is -0.0606. The van der Waals surface area contributed by atoms with Crippen molar-refractivity contribution in [3.63, 3.8) is 0 Å². The predicted molar refractivity (Wildman–Crippen MR) is 81.4 cm³/mol. The van der Waals surface area contributed by atoms with Crippen molar-refractivity contribution in [3.05, 3.63) is 34.3 Å². The summed E-state index contributed by atoms with van der Waals surface area (Å²) >= 11 is 6.02. The normalized spacial score (nSPS) is 25.2. The fourth-order valence-electron chi connectivity index (χ4n) is 3.46. The van der Waals surface area contributed by atoms with Gasteiger partial charge in [0.2, 0.25) is 5.91 Å². The molecule has 0 aliphatic carbocycles. The number of nitrogens with zero attached hydrogens (tertiary/aromatic N) is 1. The van der Waals surface area contributed by atoms with Crippen LogP contribution in [-0.2, 0) is 4.79 Å². The van der Waals surface area contributed by atoms with Gasteiger partial charge in [0.1, 0.15) is 5.54 Å². The Labute approximate surface area is 129 Å². The smallest absolute Gasteiger partial charge is 0.254 e. The Hall–Kier alpha value is -1.55. The number of hydrogen-bond acceptors (Lipinski definition) is 2. The van der Waals surface area contributed by atoms with Gasteiger partial charge in [0.05, 0.1) is 0 Å². The molecule has 0 saturated carbocycles. The van der Waals surface area contributed by atoms with Gasteiger partial charge >= 0.3 is 0 Å². The summed E-state index contributed by atoms with van der Waals surface area (Å²) in [6.45, 7) is 3.24. The molecule has 112 valence electrons. The van der Waals surface area contributed by atoms with Crippen molar-refractivity contribution in [1.82, 2.24) is 10.2 Å². The van der Waals surface area contributed by atoms with E-state index >= 15 is 0 Å². The number of hydrogen-bond donors (Lipinski definition) is 1. The van der Waals surface area contributed by atoms with Crippen LogP contribution in [-0.4, -0.2) is 35.3 Å². The van der Waals surface area contributed by atoms with Crippen LogP contribution in [0.3, 0.4) is 0 Å². The standard InChI is InChI=1S/C16H19ClN2O2/c1-11-10-12(4-5-13(11)17)14(20)19-9-3-7-16(19)6-2-8-18-15(16)21/h4-5,10H,2-3,6-9H2,1H3,(H,18,21). The third-order valence-corrected chi connectivity index (χ3v) is 5.04. The van der Waals surface area contributed by atoms with Crippen molar-refractivity contribution in [2.75, 3.05) is 13.1 Å². The number of likely N-dealkylation sites (tertiary alicyclic amines) is 1. The van der Waals surface area contributed by atoms with Crippen molar-refractivity contribution < 1.29 is 9.59 Å². The predicted octanol–water partition coefficient (Wildman–Crippen LogP) is 2.53. The molecule has 21 heavy (non-hydrogen) atoms. The molecule has 3 rings (SSSR count). The number of piperidine rings is 1. The minimum absolute atomic E-state index is 0.00489. The van der Waals surface area contributed by atoms with Crippen molar-refractivity contribution in [2.24, 2.45) is 0 Å². The second-order valence-corrected chi connectivity index (χ2v) is 6.32. The van der Waals surface area contributed by atoms with Gasteiger partial charge in [-0.1, -0.05) is 11.6 Å². The van der Waals surface area contributed by atoms with Crippen molar-refractivity contribution in [2.45, 2.75) is 38.1 Å². The van der Waals surface area contributed by atoms with Crippen LogP contribution in [0.4, 0.5) is 0 Å². The van der Waals surface area contributed by atoms with E-state index in [1.165, 1.54) is 0 Å². The highest BCUT2D eigenvalue weighted by molar-refractivity contribution is 6.31. The van der Waals surface area contributed by atoms with E-state index in [0.29, 0.717) is 23.7 Å². The molecule has 2 aliphatic heterocycles. The Kier molecular flexibility index (Phi) is 3.66. The zero-order valence-corrected chi connectivity index (χ0v) is 12.9. The van der Waals surface area contributed by atoms with Gasteiger partial charge in [0.15, 0.2) is 0 Å². The lowest BCUT2D eigenvalue weighted by Crippen LogP contribution is -2.60. The van der Waals surface area contributed by atoms with Crippen LogP contribution in [0.2, 0.25) is 5.02 Å². The third-order valence-electron chi connectivity index (χ3n) is 4.61. The van der Waals surface area contributed by atoms with E-state index in [4.69, 9.17) is 11.6 Å². The van der Waals surface area contributed by atoms with Crippen molar-refractivity contribution in [3.8, 4) is 0 Å². The molecule has 0 radical (unpaired) electrons. The van der Waals surface area contributed by atoms with Gasteiger partial charge in [0.25, 0.3) is 5.91 Å². The zero-order valence-electron chi connectivity index (χ0n) is 12.1. The summed E-state index contributed by atoms with van der Waals surface area (Å²) in [5, 5.41) is 3.57. The minimum atomic E-state index is -0.636. The first kappa shape index (κ1) is 14.4. The van der Waals surface area contributed by atoms with Crippen LogP contribution in [0.25, 0.3) is 0 Å². The molecule has 0 bridgehead atoms. The Bertz CT molecular complexity index is 602. The van der Waals surface area contributed by atoms with Gasteiger partial charge in [-0.25, -0.2) is 0 Å². The number of nitrogens with one attached hydrogen (secondary N) is 1. The monoisotopic (exact) mass is 306 g/mol. The maximum atomic E-state index is 12.8. The van der Waals surface area contributed by atoms with E-state index in [1.54, 1.807) is 23.1 Å². The highest BCUT2D eigenvalue weighted by Crippen LogP contribution is 2.37. The average Bonchev–Trinajstić information content (AvgIpc) is 2.89. The minimum Gasteiger partial charge on any atom is -0.354 e. The number of benzene rings is 1. The van der Waals surface area contributed by atoms with Crippen LogP contribution in [0.15, 0.2) is 18.2 Å². The van der Waals surface area contributed by atoms with E-state index in [-0.39, 0.29) is 11.8 Å². The molecule has 1 unspecified atom stereocenters. The molecule has 2 heterocycles. The topological polar surface area (TPSA) is 49.4 Å². The number of carbonyl (C=O) groups excluding carboxylic acids is 2. The van der Waals surface area contributed by atoms with Gasteiger partial charge in [-0.05, 0) is 56.4 Å². The largest absolute Gasteiger partial charge is 0.354 e. The molecule has 5 heteroatoms. The Morgan fingerprint density at radius 1 is 1.33 bits per heavy atom. The number of rotatable bonds is 1. The Morgan fingerprint density at radius 3 is 2.81 bits per heavy atom. The molecule has 1 spiro atoms. The van der Waals surface area contributed by atoms with Gasteiger partial charge in [-0.2, -0.15) is 0 Å². The quantitative estimate of drug-likeness (QED) is 0.867. The summed E-state index contributed by atoms with van der Waals surface area (Å²) in [6, 6.07) is 5.29. The van der Waals surface area contributed by atoms with Crippen LogP contribution in [0.1, 0.15) is 41.6 Å². The van der Waals surface area contributed by atoms with Crippen LogP contribution in [0, 0.1) is 6.92 Å². The Balaban J connectivity index is 1.92. The molecule has 4 nitrogen and oxygen atoms in total. The molecule has 2 saturated heterocycles. The summed E-state index contributed by atoms with van der Waals surface area (Å²) in [6.07, 6.45) is 3.33. The molecule has 1 aromatic rings. The van der Waals surface area contributed by atoms with Crippen molar-refractivity contribution >= 4 is 23.4 Å². The number of aryl methyl sites for hydroxylation is 1. The summed E-state index contributed by atoms with van der Waals surface area (Å²) in [4.78, 5) is 27.0. The van der Waals surface area contributed by atoms with E-state index in [9.17, 15) is 9.59 Å². The lowest BCUT2D eigenvalue weighted by atomic mass is 9.86. The lowest BCUT2D eigenvalue weighted by Gasteiger charge is -2.40. The first-order chi connectivity index (χ1) is 10.0. The maximum Gasteiger partial charge on any atom is 0.254 e. The molecule has 2 amide bonds. The van der Waals surface area contributed by atoms with Crippen LogP contribution >= 0.6 is 11.6 Å².